The maximum atomic E-state index is 11.6. The number of para-hydroxylation sites is 1. The molecule has 0 spiro atoms. The fourth-order valence-electron chi connectivity index (χ4n) is 3.19. The summed E-state index contributed by atoms with van der Waals surface area (Å²) in [6, 6.07) is 37.2. The third-order valence-corrected chi connectivity index (χ3v) is 8.09. The Morgan fingerprint density at radius 1 is 0.531 bits per heavy atom. The molecule has 0 bridgehead atoms. The predicted molar refractivity (Wildman–Crippen MR) is 122 cm³/mol. The topological polar surface area (TPSA) is 34.3 Å². The van der Waals surface area contributed by atoms with Crippen LogP contribution < -0.4 is 15.6 Å². The van der Waals surface area contributed by atoms with Crippen LogP contribution in [-0.2, 0) is 19.5 Å². The number of rotatable bonds is 4. The molecule has 4 aromatic carbocycles. The van der Waals surface area contributed by atoms with Crippen molar-refractivity contribution in [2.45, 2.75) is 6.30 Å². The summed E-state index contributed by atoms with van der Waals surface area (Å²) in [6.45, 7) is 0. The van der Waals surface area contributed by atoms with Gasteiger partial charge in [0.05, 0.1) is 0 Å². The van der Waals surface area contributed by atoms with Gasteiger partial charge in [-0.15, -0.1) is 5.69 Å². The van der Waals surface area contributed by atoms with Crippen molar-refractivity contribution >= 4 is 29.6 Å². The largest absolute Gasteiger partial charge is 0.596 e. The minimum absolute atomic E-state index is 0. The number of nitrogens with zero attached hydrogens (tertiary/aromatic N) is 1. The zero-order chi connectivity index (χ0) is 22.2. The van der Waals surface area contributed by atoms with Gasteiger partial charge in [0, 0.05) is 19.5 Å². The average Bonchev–Trinajstić information content (AvgIpc) is 2.80. The first-order valence-corrected chi connectivity index (χ1v) is 11.6. The Morgan fingerprint density at radius 3 is 1.09 bits per heavy atom. The third-order valence-electron chi connectivity index (χ3n) is 4.59. The molecule has 0 aliphatic rings. The first kappa shape index (κ1) is 25.5. The fraction of sp³-hybridized carbons (Fsp3) is 0.0400. The quantitative estimate of drug-likeness (QED) is 0.242. The van der Waals surface area contributed by atoms with Crippen LogP contribution in [0.4, 0.5) is 18.9 Å². The van der Waals surface area contributed by atoms with Gasteiger partial charge in [0.2, 0.25) is 0 Å². The second-order valence-corrected chi connectivity index (χ2v) is 9.88. The maximum absolute atomic E-state index is 11.6. The van der Waals surface area contributed by atoms with E-state index in [0.29, 0.717) is 0 Å². The van der Waals surface area contributed by atoms with Crippen LogP contribution in [0.25, 0.3) is 5.32 Å². The van der Waals surface area contributed by atoms with Crippen LogP contribution in [0.15, 0.2) is 121 Å². The zero-order valence-corrected chi connectivity index (χ0v) is 21.2. The van der Waals surface area contributed by atoms with E-state index < -0.39 is 14.6 Å². The van der Waals surface area contributed by atoms with Gasteiger partial charge in [-0.05, 0) is 15.6 Å². The van der Waals surface area contributed by atoms with Gasteiger partial charge in [-0.3, -0.25) is 0 Å². The van der Waals surface area contributed by atoms with Crippen LogP contribution in [0.3, 0.4) is 0 Å². The van der Waals surface area contributed by atoms with Crippen LogP contribution in [0.1, 0.15) is 0 Å². The van der Waals surface area contributed by atoms with E-state index in [2.05, 4.69) is 5.32 Å². The molecule has 0 radical (unpaired) electrons. The molecule has 0 aromatic heterocycles. The molecule has 0 unspecified atom stereocenters. The van der Waals surface area contributed by atoms with E-state index in [4.69, 9.17) is 0 Å². The van der Waals surface area contributed by atoms with E-state index in [9.17, 15) is 18.0 Å². The smallest absolute Gasteiger partial charge is 0.332 e. The summed E-state index contributed by atoms with van der Waals surface area (Å²) >= 11 is 0. The summed E-state index contributed by atoms with van der Waals surface area (Å²) < 4.78 is 34.7. The summed E-state index contributed by atoms with van der Waals surface area (Å²) in [6.07, 6.45) is -4.47. The van der Waals surface area contributed by atoms with Crippen molar-refractivity contribution in [1.82, 2.24) is 0 Å². The monoisotopic (exact) mass is 500 g/mol. The van der Waals surface area contributed by atoms with Crippen molar-refractivity contribution in [2.75, 3.05) is 0 Å². The standard InChI is InChI=1S/C18H16OSi.C7H5F3N.Zn/c19-20(16-10-4-1-5-11-16,17-12-6-2-7-13-17)18-14-8-3-9-15-18;8-7(9,10)11-6-4-2-1-3-5-6;/h1-15,19H;1-5H;/q;-1;. The Labute approximate surface area is 199 Å². The van der Waals surface area contributed by atoms with Crippen molar-refractivity contribution in [3.8, 4) is 0 Å². The normalized spacial score (nSPS) is 10.9. The molecule has 4 aromatic rings. The van der Waals surface area contributed by atoms with Gasteiger partial charge >= 0.3 is 6.30 Å². The number of hydrogen-bond acceptors (Lipinski definition) is 1. The van der Waals surface area contributed by atoms with Gasteiger partial charge in [0.25, 0.3) is 8.32 Å². The Bertz CT molecular complexity index is 953. The fourth-order valence-corrected chi connectivity index (χ4v) is 6.21. The van der Waals surface area contributed by atoms with Crippen molar-refractivity contribution in [3.63, 3.8) is 0 Å². The summed E-state index contributed by atoms with van der Waals surface area (Å²) in [7, 11) is -2.88. The minimum atomic E-state index is -4.47. The summed E-state index contributed by atoms with van der Waals surface area (Å²) in [5.74, 6) is 0. The van der Waals surface area contributed by atoms with Crippen molar-refractivity contribution in [3.05, 3.63) is 127 Å². The zero-order valence-electron chi connectivity index (χ0n) is 17.3. The molecule has 0 atom stereocenters. The number of hydrogen-bond donors (Lipinski definition) is 1. The maximum Gasteiger partial charge on any atom is 0.332 e. The molecule has 4 rings (SSSR count). The van der Waals surface area contributed by atoms with Crippen LogP contribution in [0.2, 0.25) is 0 Å². The van der Waals surface area contributed by atoms with Gasteiger partial charge in [-0.1, -0.05) is 121 Å². The predicted octanol–water partition coefficient (Wildman–Crippen LogP) is 4.85. The van der Waals surface area contributed by atoms with Crippen LogP contribution in [-0.4, -0.2) is 19.4 Å². The van der Waals surface area contributed by atoms with E-state index >= 15 is 0 Å². The van der Waals surface area contributed by atoms with Crippen LogP contribution in [0, 0.1) is 0 Å². The molecular weight excluding hydrogens is 481 g/mol. The van der Waals surface area contributed by atoms with E-state index in [-0.39, 0.29) is 25.2 Å². The van der Waals surface area contributed by atoms with Gasteiger partial charge in [0.15, 0.2) is 0 Å². The molecule has 1 N–H and O–H groups in total. The molecule has 0 saturated heterocycles. The first-order valence-electron chi connectivity index (χ1n) is 9.63. The Kier molecular flexibility index (Phi) is 9.39. The molecule has 32 heavy (non-hydrogen) atoms. The van der Waals surface area contributed by atoms with Gasteiger partial charge in [-0.25, -0.2) is 0 Å². The molecule has 2 nitrogen and oxygen atoms in total. The molecule has 0 saturated carbocycles. The van der Waals surface area contributed by atoms with Crippen molar-refractivity contribution in [2.24, 2.45) is 0 Å². The average molecular weight is 502 g/mol. The van der Waals surface area contributed by atoms with E-state index in [0.717, 1.165) is 15.6 Å². The molecule has 7 heteroatoms. The Morgan fingerprint density at radius 2 is 0.812 bits per heavy atom. The van der Waals surface area contributed by atoms with Gasteiger partial charge in [0.1, 0.15) is 0 Å². The molecular formula is C25H21F3NOSiZn-. The van der Waals surface area contributed by atoms with Crippen molar-refractivity contribution < 1.29 is 37.4 Å². The molecule has 0 heterocycles. The van der Waals surface area contributed by atoms with E-state index in [1.807, 2.05) is 91.0 Å². The first-order chi connectivity index (χ1) is 14.9. The van der Waals surface area contributed by atoms with Gasteiger partial charge in [-0.2, -0.15) is 13.2 Å². The second-order valence-electron chi connectivity index (χ2n) is 6.72. The Hall–Kier alpha value is -2.73. The van der Waals surface area contributed by atoms with Crippen LogP contribution in [0.5, 0.6) is 0 Å². The molecule has 0 amide bonds. The number of benzene rings is 4. The summed E-state index contributed by atoms with van der Waals surface area (Å²) in [5, 5.41) is 5.53. The summed E-state index contributed by atoms with van der Waals surface area (Å²) in [4.78, 5) is 11.6. The van der Waals surface area contributed by atoms with E-state index in [1.165, 1.54) is 24.3 Å². The van der Waals surface area contributed by atoms with Crippen molar-refractivity contribution in [1.29, 1.82) is 0 Å². The van der Waals surface area contributed by atoms with Gasteiger partial charge < -0.3 is 10.1 Å². The van der Waals surface area contributed by atoms with Crippen LogP contribution >= 0.6 is 0 Å². The minimum Gasteiger partial charge on any atom is -0.596 e. The molecule has 0 aliphatic heterocycles. The molecule has 0 fully saturated rings. The third kappa shape index (κ3) is 6.89. The SMILES string of the molecule is FC(F)(F)[N-]c1ccccc1.O[Si](c1ccccc1)(c1ccccc1)c1ccccc1.[Zn]. The second kappa shape index (κ2) is 11.8. The molecule has 160 valence electrons. The van der Waals surface area contributed by atoms with E-state index in [1.54, 1.807) is 6.07 Å². The number of halogens is 3. The summed E-state index contributed by atoms with van der Waals surface area (Å²) in [5.41, 5.74) is -0.0694. The Balaban J connectivity index is 0.000000259. The number of alkyl halides is 3. The molecule has 0 aliphatic carbocycles.